The summed E-state index contributed by atoms with van der Waals surface area (Å²) in [5.74, 6) is 0.742. The van der Waals surface area contributed by atoms with E-state index in [1.807, 2.05) is 31.3 Å². The van der Waals surface area contributed by atoms with E-state index in [-0.39, 0.29) is 30.7 Å². The van der Waals surface area contributed by atoms with Crippen molar-refractivity contribution >= 4 is 42.5 Å². The number of nitrogens with one attached hydrogen (secondary N) is 3. The summed E-state index contributed by atoms with van der Waals surface area (Å²) in [4.78, 5) is 15.9. The maximum atomic E-state index is 11.8. The van der Waals surface area contributed by atoms with Crippen LogP contribution in [0.5, 0.6) is 0 Å². The second-order valence-corrected chi connectivity index (χ2v) is 5.10. The fourth-order valence-corrected chi connectivity index (χ4v) is 2.31. The van der Waals surface area contributed by atoms with Gasteiger partial charge in [-0.3, -0.25) is 9.89 Å². The second kappa shape index (κ2) is 11.3. The Morgan fingerprint density at radius 1 is 1.23 bits per heavy atom. The van der Waals surface area contributed by atoms with Crippen LogP contribution in [0, 0.1) is 0 Å². The summed E-state index contributed by atoms with van der Waals surface area (Å²) in [7, 11) is 1.85. The van der Waals surface area contributed by atoms with Gasteiger partial charge in [0.2, 0.25) is 0 Å². The standard InChI is InChI=1S/C13H17N5OS.2ClH/c1-14-6-7-15-12(19)11-4-2-10(3-5-11)8-20-13-16-9-17-18-13;;/h2-5,9,14H,6-8H2,1H3,(H,15,19)(H,16,17,18);2*1H. The van der Waals surface area contributed by atoms with E-state index >= 15 is 0 Å². The molecule has 2 rings (SSSR count). The zero-order chi connectivity index (χ0) is 14.2. The summed E-state index contributed by atoms with van der Waals surface area (Å²) in [6.07, 6.45) is 1.49. The summed E-state index contributed by atoms with van der Waals surface area (Å²) in [6, 6.07) is 7.59. The predicted molar refractivity (Wildman–Crippen MR) is 93.1 cm³/mol. The number of hydrogen-bond donors (Lipinski definition) is 3. The first-order chi connectivity index (χ1) is 9.79. The lowest BCUT2D eigenvalue weighted by molar-refractivity contribution is 0.0954. The smallest absolute Gasteiger partial charge is 0.251 e. The van der Waals surface area contributed by atoms with Crippen molar-refractivity contribution in [3.8, 4) is 0 Å². The number of benzene rings is 1. The fourth-order valence-electron chi connectivity index (χ4n) is 1.57. The molecule has 3 N–H and O–H groups in total. The zero-order valence-electron chi connectivity index (χ0n) is 12.0. The van der Waals surface area contributed by atoms with Gasteiger partial charge >= 0.3 is 0 Å². The first kappa shape index (κ1) is 20.7. The first-order valence-electron chi connectivity index (χ1n) is 6.29. The summed E-state index contributed by atoms with van der Waals surface area (Å²) >= 11 is 1.57. The van der Waals surface area contributed by atoms with Gasteiger partial charge < -0.3 is 10.6 Å². The number of nitrogens with zero attached hydrogens (tertiary/aromatic N) is 2. The van der Waals surface area contributed by atoms with E-state index in [4.69, 9.17) is 0 Å². The Bertz CT molecular complexity index is 536. The summed E-state index contributed by atoms with van der Waals surface area (Å²) in [6.45, 7) is 1.38. The van der Waals surface area contributed by atoms with Gasteiger partial charge in [0.25, 0.3) is 5.91 Å². The minimum absolute atomic E-state index is 0. The van der Waals surface area contributed by atoms with Crippen LogP contribution >= 0.6 is 36.6 Å². The van der Waals surface area contributed by atoms with Crippen molar-refractivity contribution in [3.63, 3.8) is 0 Å². The average molecular weight is 364 g/mol. The fraction of sp³-hybridized carbons (Fsp3) is 0.308. The number of carbonyl (C=O) groups excluding carboxylic acids is 1. The molecule has 122 valence electrons. The van der Waals surface area contributed by atoms with Crippen LogP contribution in [0.15, 0.2) is 35.7 Å². The lowest BCUT2D eigenvalue weighted by Crippen LogP contribution is -2.30. The minimum Gasteiger partial charge on any atom is -0.351 e. The summed E-state index contributed by atoms with van der Waals surface area (Å²) in [5.41, 5.74) is 1.81. The molecule has 0 saturated carbocycles. The molecule has 9 heteroatoms. The largest absolute Gasteiger partial charge is 0.351 e. The van der Waals surface area contributed by atoms with Crippen LogP contribution in [0.2, 0.25) is 0 Å². The highest BCUT2D eigenvalue weighted by Gasteiger charge is 2.05. The van der Waals surface area contributed by atoms with Gasteiger partial charge in [0.1, 0.15) is 6.33 Å². The van der Waals surface area contributed by atoms with Crippen molar-refractivity contribution in [3.05, 3.63) is 41.7 Å². The quantitative estimate of drug-likeness (QED) is 0.516. The zero-order valence-corrected chi connectivity index (χ0v) is 14.5. The van der Waals surface area contributed by atoms with Crippen molar-refractivity contribution < 1.29 is 4.79 Å². The molecule has 0 fully saturated rings. The molecule has 1 heterocycles. The van der Waals surface area contributed by atoms with Gasteiger partial charge in [0.05, 0.1) is 0 Å². The van der Waals surface area contributed by atoms with Crippen molar-refractivity contribution in [2.75, 3.05) is 20.1 Å². The highest BCUT2D eigenvalue weighted by Crippen LogP contribution is 2.18. The second-order valence-electron chi connectivity index (χ2n) is 4.14. The van der Waals surface area contributed by atoms with Gasteiger partial charge in [-0.2, -0.15) is 5.10 Å². The molecule has 0 saturated heterocycles. The number of halogens is 2. The molecule has 0 radical (unpaired) electrons. The number of aromatic nitrogens is 3. The Morgan fingerprint density at radius 3 is 2.55 bits per heavy atom. The van der Waals surface area contributed by atoms with Crippen LogP contribution in [0.4, 0.5) is 0 Å². The molecule has 0 aliphatic heterocycles. The van der Waals surface area contributed by atoms with Crippen LogP contribution in [0.3, 0.4) is 0 Å². The highest BCUT2D eigenvalue weighted by molar-refractivity contribution is 7.98. The third-order valence-electron chi connectivity index (χ3n) is 2.65. The van der Waals surface area contributed by atoms with E-state index in [1.165, 1.54) is 6.33 Å². The Kier molecular flexibility index (Phi) is 10.7. The van der Waals surface area contributed by atoms with E-state index in [2.05, 4.69) is 25.8 Å². The van der Waals surface area contributed by atoms with E-state index < -0.39 is 0 Å². The topological polar surface area (TPSA) is 82.7 Å². The van der Waals surface area contributed by atoms with Gasteiger partial charge in [-0.1, -0.05) is 23.9 Å². The van der Waals surface area contributed by atoms with E-state index in [0.29, 0.717) is 12.1 Å². The van der Waals surface area contributed by atoms with E-state index in [1.54, 1.807) is 11.8 Å². The molecule has 22 heavy (non-hydrogen) atoms. The number of hydrogen-bond acceptors (Lipinski definition) is 5. The molecule has 2 aromatic rings. The molecule has 0 aliphatic carbocycles. The molecule has 0 spiro atoms. The normalized spacial score (nSPS) is 9.50. The molecule has 0 aliphatic rings. The highest BCUT2D eigenvalue weighted by atomic mass is 35.5. The number of aromatic amines is 1. The van der Waals surface area contributed by atoms with Crippen LogP contribution in [-0.2, 0) is 5.75 Å². The Labute approximate surface area is 146 Å². The predicted octanol–water partition coefficient (Wildman–Crippen LogP) is 1.89. The third kappa shape index (κ3) is 6.65. The lowest BCUT2D eigenvalue weighted by atomic mass is 10.1. The summed E-state index contributed by atoms with van der Waals surface area (Å²) < 4.78 is 0. The molecular formula is C13H19Cl2N5OS. The first-order valence-corrected chi connectivity index (χ1v) is 7.28. The SMILES string of the molecule is CNCCNC(=O)c1ccc(CSc2ncn[nH]2)cc1.Cl.Cl. The number of thioether (sulfide) groups is 1. The third-order valence-corrected chi connectivity index (χ3v) is 3.59. The van der Waals surface area contributed by atoms with E-state index in [0.717, 1.165) is 23.0 Å². The van der Waals surface area contributed by atoms with Gasteiger partial charge in [-0.15, -0.1) is 24.8 Å². The molecule has 1 aromatic carbocycles. The van der Waals surface area contributed by atoms with Crippen LogP contribution in [-0.4, -0.2) is 41.2 Å². The van der Waals surface area contributed by atoms with Crippen molar-refractivity contribution in [1.29, 1.82) is 0 Å². The number of carbonyl (C=O) groups is 1. The van der Waals surface area contributed by atoms with Gasteiger partial charge in [-0.05, 0) is 24.7 Å². The molecule has 0 atom stereocenters. The molecule has 1 amide bonds. The molecule has 0 bridgehead atoms. The van der Waals surface area contributed by atoms with Gasteiger partial charge in [-0.25, -0.2) is 4.98 Å². The summed E-state index contributed by atoms with van der Waals surface area (Å²) in [5, 5.41) is 13.2. The van der Waals surface area contributed by atoms with Crippen LogP contribution < -0.4 is 10.6 Å². The maximum Gasteiger partial charge on any atom is 0.251 e. The maximum absolute atomic E-state index is 11.8. The van der Waals surface area contributed by atoms with Crippen molar-refractivity contribution in [2.45, 2.75) is 10.9 Å². The van der Waals surface area contributed by atoms with Crippen LogP contribution in [0.25, 0.3) is 0 Å². The molecule has 6 nitrogen and oxygen atoms in total. The van der Waals surface area contributed by atoms with Crippen molar-refractivity contribution in [1.82, 2.24) is 25.8 Å². The van der Waals surface area contributed by atoms with E-state index in [9.17, 15) is 4.79 Å². The number of H-pyrrole nitrogens is 1. The lowest BCUT2D eigenvalue weighted by Gasteiger charge is -2.05. The van der Waals surface area contributed by atoms with Gasteiger partial charge in [0.15, 0.2) is 5.16 Å². The number of amides is 1. The Morgan fingerprint density at radius 2 is 1.95 bits per heavy atom. The van der Waals surface area contributed by atoms with Gasteiger partial charge in [0, 0.05) is 24.4 Å². The minimum atomic E-state index is -0.0466. The van der Waals surface area contributed by atoms with Crippen LogP contribution in [0.1, 0.15) is 15.9 Å². The Balaban J connectivity index is 0.00000220. The number of rotatable bonds is 7. The van der Waals surface area contributed by atoms with Crippen molar-refractivity contribution in [2.24, 2.45) is 0 Å². The Hall–Kier alpha value is -1.28. The average Bonchev–Trinajstić information content (AvgIpc) is 2.99. The number of likely N-dealkylation sites (N-methyl/N-ethyl adjacent to an activating group) is 1. The molecular weight excluding hydrogens is 345 g/mol. The molecule has 1 aromatic heterocycles. The molecule has 0 unspecified atom stereocenters. The monoisotopic (exact) mass is 363 g/mol.